The normalized spacial score (nSPS) is 23.6. The summed E-state index contributed by atoms with van der Waals surface area (Å²) in [6.07, 6.45) is 5.29. The molecule has 0 spiro atoms. The van der Waals surface area contributed by atoms with Crippen molar-refractivity contribution in [3.63, 3.8) is 0 Å². The molecule has 2 atom stereocenters. The summed E-state index contributed by atoms with van der Waals surface area (Å²) in [5, 5.41) is 6.62. The minimum atomic E-state index is -0.149. The second-order valence-corrected chi connectivity index (χ2v) is 7.78. The summed E-state index contributed by atoms with van der Waals surface area (Å²) in [7, 11) is 0. The maximum atomic E-state index is 12.8. The van der Waals surface area contributed by atoms with Crippen LogP contribution in [0.3, 0.4) is 0 Å². The highest BCUT2D eigenvalue weighted by atomic mass is 16.2. The number of aromatic nitrogens is 4. The number of anilines is 1. The number of amides is 1. The molecule has 1 amide bonds. The van der Waals surface area contributed by atoms with Crippen LogP contribution < -0.4 is 4.90 Å². The molecule has 8 nitrogen and oxygen atoms in total. The highest BCUT2D eigenvalue weighted by molar-refractivity contribution is 5.97. The summed E-state index contributed by atoms with van der Waals surface area (Å²) >= 11 is 0. The highest BCUT2D eigenvalue weighted by Crippen LogP contribution is 2.42. The molecule has 3 aliphatic rings. The molecule has 0 saturated carbocycles. The van der Waals surface area contributed by atoms with Crippen LogP contribution in [-0.4, -0.2) is 62.9 Å². The molecule has 0 radical (unpaired) electrons. The zero-order valence-corrected chi connectivity index (χ0v) is 15.3. The number of likely N-dealkylation sites (tertiary alicyclic amines) is 1. The molecule has 2 aliphatic heterocycles. The zero-order valence-electron chi connectivity index (χ0n) is 15.3. The van der Waals surface area contributed by atoms with E-state index in [1.165, 1.54) is 25.3 Å². The third-order valence-corrected chi connectivity index (χ3v) is 6.00. The molecule has 5 rings (SSSR count). The first kappa shape index (κ1) is 16.4. The third kappa shape index (κ3) is 2.70. The SMILES string of the molecule is CC(=O)c1cc(C(=O)N2CC3Cc4cnc(N5CCCC5)nc4C3C2)[nH]n1. The standard InChI is InChI=1S/C19H22N6O2/c1-11(26)15-7-16(23-22-15)18(27)25-9-13-6-12-8-20-19(24-4-2-3-5-24)21-17(12)14(13)10-25/h7-8,13-14H,2-6,9-10H2,1H3,(H,22,23). The lowest BCUT2D eigenvalue weighted by molar-refractivity contribution is 0.0779. The monoisotopic (exact) mass is 366 g/mol. The summed E-state index contributed by atoms with van der Waals surface area (Å²) in [5.41, 5.74) is 3.01. The van der Waals surface area contributed by atoms with Crippen LogP contribution in [0.1, 0.15) is 57.9 Å². The first-order valence-corrected chi connectivity index (χ1v) is 9.56. The van der Waals surface area contributed by atoms with E-state index in [-0.39, 0.29) is 17.6 Å². The molecule has 2 saturated heterocycles. The molecule has 0 bridgehead atoms. The van der Waals surface area contributed by atoms with Crippen LogP contribution in [0.5, 0.6) is 0 Å². The molecule has 1 aliphatic carbocycles. The van der Waals surface area contributed by atoms with Gasteiger partial charge in [-0.1, -0.05) is 0 Å². The molecule has 27 heavy (non-hydrogen) atoms. The van der Waals surface area contributed by atoms with E-state index in [1.54, 1.807) is 6.07 Å². The molecule has 4 heterocycles. The number of rotatable bonds is 3. The van der Waals surface area contributed by atoms with Gasteiger partial charge in [0.2, 0.25) is 5.95 Å². The van der Waals surface area contributed by atoms with Crippen molar-refractivity contribution in [2.45, 2.75) is 32.1 Å². The lowest BCUT2D eigenvalue weighted by Gasteiger charge is -2.18. The van der Waals surface area contributed by atoms with Crippen molar-refractivity contribution in [2.24, 2.45) is 5.92 Å². The van der Waals surface area contributed by atoms with Crippen molar-refractivity contribution in [3.05, 3.63) is 34.9 Å². The number of ketones is 1. The Hall–Kier alpha value is -2.77. The van der Waals surface area contributed by atoms with E-state index in [0.29, 0.717) is 30.4 Å². The fourth-order valence-electron chi connectivity index (χ4n) is 4.58. The van der Waals surface area contributed by atoms with Gasteiger partial charge in [-0.3, -0.25) is 14.7 Å². The summed E-state index contributed by atoms with van der Waals surface area (Å²) < 4.78 is 0. The maximum absolute atomic E-state index is 12.8. The van der Waals surface area contributed by atoms with E-state index in [9.17, 15) is 9.59 Å². The predicted molar refractivity (Wildman–Crippen MR) is 97.9 cm³/mol. The molecule has 0 aromatic carbocycles. The van der Waals surface area contributed by atoms with Crippen molar-refractivity contribution >= 4 is 17.6 Å². The maximum Gasteiger partial charge on any atom is 0.271 e. The van der Waals surface area contributed by atoms with E-state index in [0.717, 1.165) is 31.2 Å². The molecular weight excluding hydrogens is 344 g/mol. The van der Waals surface area contributed by atoms with E-state index < -0.39 is 0 Å². The van der Waals surface area contributed by atoms with Gasteiger partial charge in [0.15, 0.2) is 5.78 Å². The number of fused-ring (bicyclic) bond motifs is 3. The van der Waals surface area contributed by atoms with Crippen LogP contribution in [0.2, 0.25) is 0 Å². The smallest absolute Gasteiger partial charge is 0.271 e. The van der Waals surface area contributed by atoms with Crippen LogP contribution in [0.25, 0.3) is 0 Å². The number of Topliss-reactive ketones (excluding diaryl/α,β-unsaturated/α-hetero) is 1. The number of hydrogen-bond donors (Lipinski definition) is 1. The molecule has 2 fully saturated rings. The second kappa shape index (κ2) is 6.14. The average molecular weight is 366 g/mol. The molecule has 140 valence electrons. The minimum absolute atomic E-state index is 0.0974. The number of nitrogens with one attached hydrogen (secondary N) is 1. The molecule has 1 N–H and O–H groups in total. The fraction of sp³-hybridized carbons (Fsp3) is 0.526. The Morgan fingerprint density at radius 1 is 1.22 bits per heavy atom. The quantitative estimate of drug-likeness (QED) is 0.826. The van der Waals surface area contributed by atoms with Gasteiger partial charge < -0.3 is 9.80 Å². The van der Waals surface area contributed by atoms with Crippen LogP contribution >= 0.6 is 0 Å². The van der Waals surface area contributed by atoms with Crippen molar-refractivity contribution < 1.29 is 9.59 Å². The van der Waals surface area contributed by atoms with Gasteiger partial charge in [-0.05, 0) is 36.8 Å². The number of carbonyl (C=O) groups is 2. The van der Waals surface area contributed by atoms with Crippen molar-refractivity contribution in [3.8, 4) is 0 Å². The largest absolute Gasteiger partial charge is 0.341 e. The Labute approximate surface area is 157 Å². The van der Waals surface area contributed by atoms with Gasteiger partial charge in [-0.25, -0.2) is 9.97 Å². The van der Waals surface area contributed by atoms with Crippen LogP contribution in [0.4, 0.5) is 5.95 Å². The van der Waals surface area contributed by atoms with Gasteiger partial charge in [-0.15, -0.1) is 0 Å². The van der Waals surface area contributed by atoms with E-state index >= 15 is 0 Å². The van der Waals surface area contributed by atoms with E-state index in [1.807, 2.05) is 11.1 Å². The second-order valence-electron chi connectivity index (χ2n) is 7.78. The first-order valence-electron chi connectivity index (χ1n) is 9.56. The number of nitrogens with zero attached hydrogens (tertiary/aromatic N) is 5. The van der Waals surface area contributed by atoms with Crippen LogP contribution in [0, 0.1) is 5.92 Å². The molecule has 2 unspecified atom stereocenters. The topological polar surface area (TPSA) is 95.1 Å². The number of aromatic amines is 1. The summed E-state index contributed by atoms with van der Waals surface area (Å²) in [4.78, 5) is 37.8. The number of carbonyl (C=O) groups excluding carboxylic acids is 2. The Bertz CT molecular complexity index is 917. The highest BCUT2D eigenvalue weighted by Gasteiger charge is 2.43. The molecule has 2 aromatic heterocycles. The molecular formula is C19H22N6O2. The van der Waals surface area contributed by atoms with E-state index in [2.05, 4.69) is 20.1 Å². The van der Waals surface area contributed by atoms with Crippen LogP contribution in [-0.2, 0) is 6.42 Å². The zero-order chi connectivity index (χ0) is 18.5. The molecule has 2 aromatic rings. The first-order chi connectivity index (χ1) is 13.1. The number of hydrogen-bond acceptors (Lipinski definition) is 6. The van der Waals surface area contributed by atoms with Gasteiger partial charge in [0.05, 0.1) is 5.69 Å². The Balaban J connectivity index is 1.35. The van der Waals surface area contributed by atoms with E-state index in [4.69, 9.17) is 4.98 Å². The van der Waals surface area contributed by atoms with Gasteiger partial charge in [0.25, 0.3) is 5.91 Å². The number of H-pyrrole nitrogens is 1. The van der Waals surface area contributed by atoms with Gasteiger partial charge in [0.1, 0.15) is 11.4 Å². The fourth-order valence-corrected chi connectivity index (χ4v) is 4.58. The Kier molecular flexibility index (Phi) is 3.73. The van der Waals surface area contributed by atoms with Crippen molar-refractivity contribution in [1.82, 2.24) is 25.1 Å². The minimum Gasteiger partial charge on any atom is -0.341 e. The summed E-state index contributed by atoms with van der Waals surface area (Å²) in [5.74, 6) is 1.24. The van der Waals surface area contributed by atoms with Gasteiger partial charge in [0, 0.05) is 45.2 Å². The summed E-state index contributed by atoms with van der Waals surface area (Å²) in [6.45, 7) is 4.85. The van der Waals surface area contributed by atoms with Gasteiger partial charge in [-0.2, -0.15) is 5.10 Å². The predicted octanol–water partition coefficient (Wildman–Crippen LogP) is 1.41. The lowest BCUT2D eigenvalue weighted by Crippen LogP contribution is -2.30. The van der Waals surface area contributed by atoms with Crippen LogP contribution in [0.15, 0.2) is 12.3 Å². The Morgan fingerprint density at radius 3 is 2.78 bits per heavy atom. The van der Waals surface area contributed by atoms with Crippen molar-refractivity contribution in [2.75, 3.05) is 31.1 Å². The lowest BCUT2D eigenvalue weighted by atomic mass is 9.99. The van der Waals surface area contributed by atoms with Gasteiger partial charge >= 0.3 is 0 Å². The average Bonchev–Trinajstić information content (AvgIpc) is 3.43. The third-order valence-electron chi connectivity index (χ3n) is 6.00. The summed E-state index contributed by atoms with van der Waals surface area (Å²) in [6, 6.07) is 1.54. The van der Waals surface area contributed by atoms with Crippen molar-refractivity contribution in [1.29, 1.82) is 0 Å². The molecule has 8 heteroatoms. The Morgan fingerprint density at radius 2 is 2.04 bits per heavy atom.